The van der Waals surface area contributed by atoms with Crippen molar-refractivity contribution in [3.05, 3.63) is 36.0 Å². The van der Waals surface area contributed by atoms with E-state index in [0.29, 0.717) is 16.5 Å². The number of fused-ring (bicyclic) bond motifs is 1. The van der Waals surface area contributed by atoms with Gasteiger partial charge in [-0.3, -0.25) is 81.9 Å². The molecule has 41 nitrogen and oxygen atoms in total. The zero-order valence-corrected chi connectivity index (χ0v) is 58.1. The molecule has 31 N–H and O–H groups in total. The number of carbonyl (C=O) groups is 16. The van der Waals surface area contributed by atoms with Crippen molar-refractivity contribution in [2.45, 2.75) is 177 Å². The highest BCUT2D eigenvalue weighted by atomic mass is 32.1. The van der Waals surface area contributed by atoms with Gasteiger partial charge in [0.1, 0.15) is 66.5 Å². The Morgan fingerprint density at radius 1 is 0.461 bits per heavy atom. The molecule has 0 bridgehead atoms. The number of aliphatic imine (C=N–C) groups is 2. The number of nitrogens with zero attached hydrogens (tertiary/aromatic N) is 2. The summed E-state index contributed by atoms with van der Waals surface area (Å²) in [6.45, 7) is 5.19. The van der Waals surface area contributed by atoms with E-state index in [-0.39, 0.29) is 50.5 Å². The summed E-state index contributed by atoms with van der Waals surface area (Å²) in [6.07, 6.45) is -5.81. The van der Waals surface area contributed by atoms with E-state index in [1.54, 1.807) is 38.1 Å². The van der Waals surface area contributed by atoms with Crippen LogP contribution in [0.25, 0.3) is 10.9 Å². The first kappa shape index (κ1) is 87.5. The highest BCUT2D eigenvalue weighted by Gasteiger charge is 2.38. The van der Waals surface area contributed by atoms with E-state index in [0.717, 1.165) is 6.92 Å². The third kappa shape index (κ3) is 31.3. The predicted molar refractivity (Wildman–Crippen MR) is 371 cm³/mol. The summed E-state index contributed by atoms with van der Waals surface area (Å²) in [5.74, 6) is -20.7. The summed E-state index contributed by atoms with van der Waals surface area (Å²) < 4.78 is 0. The van der Waals surface area contributed by atoms with Crippen molar-refractivity contribution in [2.24, 2.45) is 61.8 Å². The Kier molecular flexibility index (Phi) is 37.6. The highest BCUT2D eigenvalue weighted by molar-refractivity contribution is 7.80. The van der Waals surface area contributed by atoms with Gasteiger partial charge in [-0.05, 0) is 69.9 Å². The van der Waals surface area contributed by atoms with Gasteiger partial charge < -0.3 is 125 Å². The van der Waals surface area contributed by atoms with Gasteiger partial charge >= 0.3 is 11.9 Å². The van der Waals surface area contributed by atoms with Crippen LogP contribution in [0, 0.1) is 5.92 Å². The Morgan fingerprint density at radius 3 is 1.29 bits per heavy atom. The molecule has 43 heteroatoms. The van der Waals surface area contributed by atoms with Crippen LogP contribution in [0.5, 0.6) is 0 Å². The summed E-state index contributed by atoms with van der Waals surface area (Å²) in [5, 5.41) is 56.4. The van der Waals surface area contributed by atoms with Crippen molar-refractivity contribution in [3.8, 4) is 0 Å². The van der Waals surface area contributed by atoms with Gasteiger partial charge in [-0.1, -0.05) is 32.0 Å². The number of carboxylic acids is 2. The number of guanidine groups is 2. The summed E-state index contributed by atoms with van der Waals surface area (Å²) in [6, 6.07) is -13.4. The number of aliphatic carboxylic acids is 2. The van der Waals surface area contributed by atoms with E-state index in [1.807, 2.05) is 0 Å². The summed E-state index contributed by atoms with van der Waals surface area (Å²) in [7, 11) is 0. The average Bonchev–Trinajstić information content (AvgIpc) is 1.64. The van der Waals surface area contributed by atoms with E-state index in [1.165, 1.54) is 13.1 Å². The second-order valence-corrected chi connectivity index (χ2v) is 24.5. The standard InChI is InChI=1S/C59H94N22O19S2/c1-25(2)44(80-47(89)30(60)23-101)55(97)81-45(27(4)82)56(98)75-33(12-8-18-69-59(66)67)49(91)77-36(19-28-22-70-31-10-6-5-9-29(28)31)52(94)71-26(3)46(88)76-37(20-42(63)85)53(95)72-32(11-7-17-68-58(64)65)48(90)78-38(21-43(86)87)54(96)74-34(13-15-40(61)83)50(92)73-35(14-16-41(62)84)51(93)79-39(24-102)57(99)100/h5-6,9-10,22,25-27,30,32-39,44-45,70,82,101-102H,7-8,11-21,23-24,60H2,1-4H3,(H2,61,83)(H2,62,84)(H2,63,85)(H,71,94)(H,72,95)(H,73,92)(H,74,96)(H,75,98)(H,76,88)(H,77,91)(H,78,90)(H,79,93)(H,80,89)(H,81,97)(H,86,87)(H,99,100)(H4,64,65,68)(H4,66,67,69)/t26-,27+,30-,32-,33-,34-,35-,36-,37-,38-,39-,44-,45-/m0/s1. The minimum atomic E-state index is -2.15. The second-order valence-electron chi connectivity index (χ2n) is 23.7. The third-order valence-corrected chi connectivity index (χ3v) is 15.7. The van der Waals surface area contributed by atoms with Crippen LogP contribution in [-0.4, -0.2) is 230 Å². The number of amides is 14. The zero-order chi connectivity index (χ0) is 77.2. The first-order chi connectivity index (χ1) is 47.8. The molecule has 2 rings (SSSR count). The van der Waals surface area contributed by atoms with Crippen molar-refractivity contribution < 1.29 is 92.0 Å². The molecule has 102 heavy (non-hydrogen) atoms. The van der Waals surface area contributed by atoms with Crippen molar-refractivity contribution in [1.82, 2.24) is 63.5 Å². The largest absolute Gasteiger partial charge is 0.481 e. The van der Waals surface area contributed by atoms with Gasteiger partial charge in [0, 0.05) is 61.0 Å². The Hall–Kier alpha value is -10.6. The number of para-hydroxylation sites is 1. The molecular formula is C59H94N22O19S2. The zero-order valence-electron chi connectivity index (χ0n) is 56.4. The molecule has 566 valence electrons. The van der Waals surface area contributed by atoms with Crippen LogP contribution in [0.1, 0.15) is 97.5 Å². The van der Waals surface area contributed by atoms with Gasteiger partial charge in [0.05, 0.1) is 25.0 Å². The number of rotatable bonds is 47. The Morgan fingerprint density at radius 2 is 0.863 bits per heavy atom. The topological polar surface area (TPSA) is 715 Å². The average molecular weight is 1480 g/mol. The number of carbonyl (C=O) groups excluding carboxylic acids is 14. The number of benzene rings is 1. The number of carboxylic acid groups (broad SMARTS) is 2. The lowest BCUT2D eigenvalue weighted by Gasteiger charge is -2.29. The van der Waals surface area contributed by atoms with Crippen LogP contribution in [0.3, 0.4) is 0 Å². The fraction of sp³-hybridized carbons (Fsp3) is 0.559. The molecule has 0 aliphatic heterocycles. The minimum Gasteiger partial charge on any atom is -0.481 e. The number of aliphatic hydroxyl groups is 1. The van der Waals surface area contributed by atoms with E-state index in [4.69, 9.17) is 45.9 Å². The molecular weight excluding hydrogens is 1380 g/mol. The first-order valence-electron chi connectivity index (χ1n) is 31.7. The molecule has 0 saturated heterocycles. The number of aromatic nitrogens is 1. The number of aliphatic hydroxyl groups excluding tert-OH is 1. The van der Waals surface area contributed by atoms with Crippen molar-refractivity contribution in [3.63, 3.8) is 0 Å². The van der Waals surface area contributed by atoms with Gasteiger partial charge in [0.2, 0.25) is 82.7 Å². The van der Waals surface area contributed by atoms with Crippen LogP contribution in [-0.2, 0) is 83.1 Å². The number of nitrogens with two attached hydrogens (primary N) is 8. The van der Waals surface area contributed by atoms with Gasteiger partial charge in [0.15, 0.2) is 11.9 Å². The fourth-order valence-electron chi connectivity index (χ4n) is 9.46. The molecule has 0 radical (unpaired) electrons. The maximum absolute atomic E-state index is 14.6. The Labute approximate surface area is 595 Å². The van der Waals surface area contributed by atoms with Crippen LogP contribution in [0.15, 0.2) is 40.4 Å². The number of aromatic amines is 1. The smallest absolute Gasteiger partial charge is 0.327 e. The van der Waals surface area contributed by atoms with Crippen molar-refractivity contribution in [1.29, 1.82) is 0 Å². The van der Waals surface area contributed by atoms with Crippen LogP contribution >= 0.6 is 25.3 Å². The summed E-state index contributed by atoms with van der Waals surface area (Å²) in [5.41, 5.74) is 44.9. The number of primary amides is 3. The van der Waals surface area contributed by atoms with Gasteiger partial charge in [-0.15, -0.1) is 0 Å². The van der Waals surface area contributed by atoms with Crippen molar-refractivity contribution >= 4 is 143 Å². The molecule has 1 aromatic heterocycles. The highest BCUT2D eigenvalue weighted by Crippen LogP contribution is 2.20. The normalized spacial score (nSPS) is 14.8. The van der Waals surface area contributed by atoms with E-state index in [9.17, 15) is 92.0 Å². The molecule has 0 spiro atoms. The molecule has 0 saturated carbocycles. The Bertz CT molecular complexity index is 3380. The SMILES string of the molecule is CC(C)[C@H](NC(=O)[C@@H](N)CS)C(=O)N[C@H](C(=O)N[C@@H](CCCN=C(N)N)C(=O)N[C@@H](Cc1c[nH]c2ccccc12)C(=O)N[C@@H](C)C(=O)N[C@@H](CC(N)=O)C(=O)N[C@@H](CCCN=C(N)N)C(=O)N[C@@H](CC(=O)O)C(=O)N[C@@H](CCC(N)=O)C(=O)N[C@@H](CCC(N)=O)C(=O)N[C@@H](CS)C(=O)O)[C@@H](C)O. The monoisotopic (exact) mass is 1480 g/mol. The van der Waals surface area contributed by atoms with Gasteiger partial charge in [-0.2, -0.15) is 25.3 Å². The van der Waals surface area contributed by atoms with E-state index in [2.05, 4.69) is 98.7 Å². The van der Waals surface area contributed by atoms with Crippen LogP contribution in [0.4, 0.5) is 0 Å². The van der Waals surface area contributed by atoms with Crippen molar-refractivity contribution in [2.75, 3.05) is 24.6 Å². The lowest BCUT2D eigenvalue weighted by atomic mass is 10.0. The van der Waals surface area contributed by atoms with Crippen LogP contribution in [0.2, 0.25) is 0 Å². The molecule has 0 fully saturated rings. The van der Waals surface area contributed by atoms with Crippen LogP contribution < -0.4 is 104 Å². The molecule has 14 amide bonds. The number of nitrogens with one attached hydrogen (secondary N) is 12. The van der Waals surface area contributed by atoms with E-state index >= 15 is 0 Å². The molecule has 0 unspecified atom stereocenters. The van der Waals surface area contributed by atoms with Gasteiger partial charge in [-0.25, -0.2) is 4.79 Å². The predicted octanol–water partition coefficient (Wildman–Crippen LogP) is -9.64. The molecule has 2 aromatic rings. The number of H-pyrrole nitrogens is 1. The molecule has 1 aromatic carbocycles. The molecule has 0 aliphatic rings. The lowest BCUT2D eigenvalue weighted by molar-refractivity contribution is -0.142. The number of hydrogen-bond acceptors (Lipinski definition) is 22. The second kappa shape index (κ2) is 43.9. The maximum atomic E-state index is 14.6. The molecule has 1 heterocycles. The summed E-state index contributed by atoms with van der Waals surface area (Å²) >= 11 is 7.89. The van der Waals surface area contributed by atoms with E-state index < -0.39 is 236 Å². The number of thiol groups is 2. The first-order valence-corrected chi connectivity index (χ1v) is 33.0. The molecule has 0 aliphatic carbocycles. The maximum Gasteiger partial charge on any atom is 0.327 e. The lowest BCUT2D eigenvalue weighted by Crippen LogP contribution is -2.62. The fourth-order valence-corrected chi connectivity index (χ4v) is 9.88. The quantitative estimate of drug-likeness (QED) is 0.0127. The third-order valence-electron chi connectivity index (χ3n) is 15.0. The minimum absolute atomic E-state index is 0.00734. The Balaban J connectivity index is 2.60. The number of hydrogen-bond donors (Lipinski definition) is 25. The van der Waals surface area contributed by atoms with Gasteiger partial charge in [0.25, 0.3) is 0 Å². The molecule has 13 atom stereocenters. The summed E-state index contributed by atoms with van der Waals surface area (Å²) in [4.78, 5) is 224.